The van der Waals surface area contributed by atoms with E-state index in [0.717, 1.165) is 31.5 Å². The fraction of sp³-hybridized carbons (Fsp3) is 0.400. The third-order valence-corrected chi connectivity index (χ3v) is 4.61. The summed E-state index contributed by atoms with van der Waals surface area (Å²) < 4.78 is 16.2. The van der Waals surface area contributed by atoms with Crippen molar-refractivity contribution in [3.63, 3.8) is 0 Å². The highest BCUT2D eigenvalue weighted by Gasteiger charge is 2.20. The Hall–Kier alpha value is -2.22. The first-order valence-electron chi connectivity index (χ1n) is 7.44. The molecule has 0 saturated carbocycles. The highest BCUT2D eigenvalue weighted by Crippen LogP contribution is 2.36. The SMILES string of the molecule is O=C(CSc1nnc(-c2ccc3c(c2)OCO3)o1)N1CCCC1. The van der Waals surface area contributed by atoms with Gasteiger partial charge < -0.3 is 18.8 Å². The topological polar surface area (TPSA) is 77.7 Å². The van der Waals surface area contributed by atoms with Crippen molar-refractivity contribution in [2.24, 2.45) is 0 Å². The van der Waals surface area contributed by atoms with Gasteiger partial charge in [-0.25, -0.2) is 0 Å². The Morgan fingerprint density at radius 3 is 2.87 bits per heavy atom. The maximum atomic E-state index is 12.0. The van der Waals surface area contributed by atoms with Gasteiger partial charge in [0.15, 0.2) is 11.5 Å². The van der Waals surface area contributed by atoms with Gasteiger partial charge in [-0.15, -0.1) is 10.2 Å². The normalized spacial score (nSPS) is 16.1. The smallest absolute Gasteiger partial charge is 0.277 e. The zero-order chi connectivity index (χ0) is 15.6. The van der Waals surface area contributed by atoms with E-state index in [0.29, 0.717) is 28.4 Å². The molecule has 120 valence electrons. The van der Waals surface area contributed by atoms with E-state index >= 15 is 0 Å². The minimum Gasteiger partial charge on any atom is -0.454 e. The predicted molar refractivity (Wildman–Crippen MR) is 82.4 cm³/mol. The molecule has 0 radical (unpaired) electrons. The summed E-state index contributed by atoms with van der Waals surface area (Å²) in [5.74, 6) is 2.22. The quantitative estimate of drug-likeness (QED) is 0.794. The van der Waals surface area contributed by atoms with Gasteiger partial charge in [-0.1, -0.05) is 11.8 Å². The van der Waals surface area contributed by atoms with E-state index in [1.807, 2.05) is 17.0 Å². The van der Waals surface area contributed by atoms with Crippen LogP contribution in [-0.4, -0.2) is 46.6 Å². The van der Waals surface area contributed by atoms with Crippen molar-refractivity contribution in [3.05, 3.63) is 18.2 Å². The lowest BCUT2D eigenvalue weighted by Crippen LogP contribution is -2.29. The van der Waals surface area contributed by atoms with Gasteiger partial charge in [0.1, 0.15) is 0 Å². The van der Waals surface area contributed by atoms with E-state index in [1.165, 1.54) is 11.8 Å². The molecule has 0 unspecified atom stereocenters. The van der Waals surface area contributed by atoms with E-state index in [1.54, 1.807) is 6.07 Å². The Morgan fingerprint density at radius 1 is 1.17 bits per heavy atom. The molecule has 8 heteroatoms. The van der Waals surface area contributed by atoms with Crippen LogP contribution in [0.2, 0.25) is 0 Å². The van der Waals surface area contributed by atoms with E-state index in [-0.39, 0.29) is 12.7 Å². The van der Waals surface area contributed by atoms with Crippen molar-refractivity contribution < 1.29 is 18.7 Å². The van der Waals surface area contributed by atoms with Crippen LogP contribution < -0.4 is 9.47 Å². The molecule has 0 aliphatic carbocycles. The number of amides is 1. The van der Waals surface area contributed by atoms with Crippen LogP contribution in [0.3, 0.4) is 0 Å². The van der Waals surface area contributed by atoms with Crippen molar-refractivity contribution in [1.82, 2.24) is 15.1 Å². The van der Waals surface area contributed by atoms with Crippen LogP contribution in [0.15, 0.2) is 27.8 Å². The molecule has 3 heterocycles. The third kappa shape index (κ3) is 2.98. The summed E-state index contributed by atoms with van der Waals surface area (Å²) in [4.78, 5) is 13.9. The molecule has 1 amide bonds. The summed E-state index contributed by atoms with van der Waals surface area (Å²) in [6.07, 6.45) is 2.18. The van der Waals surface area contributed by atoms with Gasteiger partial charge in [0.05, 0.1) is 5.75 Å². The first kappa shape index (κ1) is 14.4. The summed E-state index contributed by atoms with van der Waals surface area (Å²) in [6, 6.07) is 5.45. The number of nitrogens with zero attached hydrogens (tertiary/aromatic N) is 3. The average Bonchev–Trinajstić information content (AvgIpc) is 3.32. The minimum absolute atomic E-state index is 0.121. The first-order chi connectivity index (χ1) is 11.3. The molecule has 2 aromatic rings. The molecule has 0 spiro atoms. The van der Waals surface area contributed by atoms with Gasteiger partial charge >= 0.3 is 0 Å². The second-order valence-electron chi connectivity index (χ2n) is 5.32. The number of carbonyl (C=O) groups excluding carboxylic acids is 1. The number of likely N-dealkylation sites (tertiary alicyclic amines) is 1. The number of ether oxygens (including phenoxy) is 2. The molecule has 0 bridgehead atoms. The van der Waals surface area contributed by atoms with Crippen molar-refractivity contribution in [2.75, 3.05) is 25.6 Å². The molecular formula is C15H15N3O4S. The Balaban J connectivity index is 1.41. The van der Waals surface area contributed by atoms with Crippen LogP contribution in [-0.2, 0) is 4.79 Å². The Kier molecular flexibility index (Phi) is 3.82. The maximum Gasteiger partial charge on any atom is 0.277 e. The number of hydrogen-bond donors (Lipinski definition) is 0. The zero-order valence-electron chi connectivity index (χ0n) is 12.4. The largest absolute Gasteiger partial charge is 0.454 e. The van der Waals surface area contributed by atoms with Crippen molar-refractivity contribution >= 4 is 17.7 Å². The van der Waals surface area contributed by atoms with Crippen LogP contribution in [0.5, 0.6) is 11.5 Å². The van der Waals surface area contributed by atoms with Crippen molar-refractivity contribution in [2.45, 2.75) is 18.1 Å². The van der Waals surface area contributed by atoms with Crippen molar-refractivity contribution in [1.29, 1.82) is 0 Å². The summed E-state index contributed by atoms with van der Waals surface area (Å²) in [5.41, 5.74) is 0.763. The molecule has 2 aliphatic rings. The molecule has 2 aliphatic heterocycles. The highest BCUT2D eigenvalue weighted by atomic mass is 32.2. The van der Waals surface area contributed by atoms with E-state index in [4.69, 9.17) is 13.9 Å². The lowest BCUT2D eigenvalue weighted by atomic mass is 10.2. The third-order valence-electron chi connectivity index (χ3n) is 3.80. The summed E-state index contributed by atoms with van der Waals surface area (Å²) in [7, 11) is 0. The van der Waals surface area contributed by atoms with Gasteiger partial charge in [0.25, 0.3) is 5.22 Å². The molecule has 1 saturated heterocycles. The molecule has 0 N–H and O–H groups in total. The van der Waals surface area contributed by atoms with Crippen LogP contribution in [0.4, 0.5) is 0 Å². The number of thioether (sulfide) groups is 1. The number of hydrogen-bond acceptors (Lipinski definition) is 7. The number of rotatable bonds is 4. The summed E-state index contributed by atoms with van der Waals surface area (Å²) in [5, 5.41) is 8.41. The zero-order valence-corrected chi connectivity index (χ0v) is 13.2. The summed E-state index contributed by atoms with van der Waals surface area (Å²) >= 11 is 1.27. The molecule has 1 aromatic heterocycles. The Bertz CT molecular complexity index is 727. The predicted octanol–water partition coefficient (Wildman–Crippen LogP) is 2.18. The lowest BCUT2D eigenvalue weighted by Gasteiger charge is -2.13. The maximum absolute atomic E-state index is 12.0. The van der Waals surface area contributed by atoms with Crippen molar-refractivity contribution in [3.8, 4) is 23.0 Å². The summed E-state index contributed by atoms with van der Waals surface area (Å²) in [6.45, 7) is 1.93. The second-order valence-corrected chi connectivity index (χ2v) is 6.24. The minimum atomic E-state index is 0.121. The first-order valence-corrected chi connectivity index (χ1v) is 8.42. The van der Waals surface area contributed by atoms with Gasteiger partial charge in [-0.2, -0.15) is 0 Å². The lowest BCUT2D eigenvalue weighted by molar-refractivity contribution is -0.127. The molecule has 23 heavy (non-hydrogen) atoms. The molecule has 4 rings (SSSR count). The fourth-order valence-corrected chi connectivity index (χ4v) is 3.26. The number of fused-ring (bicyclic) bond motifs is 1. The van der Waals surface area contributed by atoms with Crippen LogP contribution in [0.25, 0.3) is 11.5 Å². The number of aromatic nitrogens is 2. The fourth-order valence-electron chi connectivity index (χ4n) is 2.60. The van der Waals surface area contributed by atoms with E-state index in [9.17, 15) is 4.79 Å². The van der Waals surface area contributed by atoms with Gasteiger partial charge in [0.2, 0.25) is 18.6 Å². The standard InChI is InChI=1S/C15H15N3O4S/c19-13(18-5-1-2-6-18)8-23-15-17-16-14(22-15)10-3-4-11-12(7-10)21-9-20-11/h3-4,7H,1-2,5-6,8-9H2. The van der Waals surface area contributed by atoms with Crippen LogP contribution >= 0.6 is 11.8 Å². The Labute approximate surface area is 137 Å². The molecule has 7 nitrogen and oxygen atoms in total. The monoisotopic (exact) mass is 333 g/mol. The number of carbonyl (C=O) groups is 1. The van der Waals surface area contributed by atoms with Gasteiger partial charge in [-0.3, -0.25) is 4.79 Å². The van der Waals surface area contributed by atoms with Gasteiger partial charge in [-0.05, 0) is 31.0 Å². The van der Waals surface area contributed by atoms with E-state index < -0.39 is 0 Å². The van der Waals surface area contributed by atoms with Crippen LogP contribution in [0.1, 0.15) is 12.8 Å². The van der Waals surface area contributed by atoms with E-state index in [2.05, 4.69) is 10.2 Å². The molecular weight excluding hydrogens is 318 g/mol. The van der Waals surface area contributed by atoms with Gasteiger partial charge in [0, 0.05) is 18.7 Å². The second kappa shape index (κ2) is 6.11. The molecule has 1 fully saturated rings. The molecule has 1 aromatic carbocycles. The Morgan fingerprint density at radius 2 is 2.00 bits per heavy atom. The number of benzene rings is 1. The molecule has 0 atom stereocenters. The average molecular weight is 333 g/mol. The highest BCUT2D eigenvalue weighted by molar-refractivity contribution is 7.99. The van der Waals surface area contributed by atoms with Crippen LogP contribution in [0, 0.1) is 0 Å².